The molecule has 82 valence electrons. The number of carbonyl (C=O) groups is 1. The van der Waals surface area contributed by atoms with Crippen molar-refractivity contribution in [1.29, 1.82) is 0 Å². The van der Waals surface area contributed by atoms with E-state index >= 15 is 0 Å². The van der Waals surface area contributed by atoms with Crippen LogP contribution in [0.3, 0.4) is 0 Å². The van der Waals surface area contributed by atoms with Gasteiger partial charge in [-0.2, -0.15) is 0 Å². The maximum Gasteiger partial charge on any atom is 0.223 e. The van der Waals surface area contributed by atoms with Gasteiger partial charge < -0.3 is 5.32 Å². The first kappa shape index (κ1) is 11.8. The number of alkyl halides is 1. The van der Waals surface area contributed by atoms with Crippen LogP contribution in [-0.4, -0.2) is 17.3 Å². The summed E-state index contributed by atoms with van der Waals surface area (Å²) in [5.74, 6) is 0.929. The summed E-state index contributed by atoms with van der Waals surface area (Å²) in [5, 5.41) is 3.06. The van der Waals surface area contributed by atoms with Gasteiger partial charge in [0, 0.05) is 11.8 Å². The monoisotopic (exact) mass is 217 g/mol. The van der Waals surface area contributed by atoms with Crippen LogP contribution in [0.5, 0.6) is 0 Å². The molecule has 1 atom stereocenters. The van der Waals surface area contributed by atoms with E-state index in [1.54, 1.807) is 0 Å². The second-order valence-corrected chi connectivity index (χ2v) is 4.79. The summed E-state index contributed by atoms with van der Waals surface area (Å²) >= 11 is 5.84. The Morgan fingerprint density at radius 3 is 2.50 bits per heavy atom. The van der Waals surface area contributed by atoms with E-state index in [4.69, 9.17) is 11.6 Å². The fourth-order valence-corrected chi connectivity index (χ4v) is 2.06. The molecule has 1 aliphatic carbocycles. The third-order valence-electron chi connectivity index (χ3n) is 3.23. The maximum absolute atomic E-state index is 11.8. The van der Waals surface area contributed by atoms with Gasteiger partial charge in [0.15, 0.2) is 0 Å². The van der Waals surface area contributed by atoms with Gasteiger partial charge in [-0.3, -0.25) is 4.79 Å². The van der Waals surface area contributed by atoms with Crippen LogP contribution in [0.2, 0.25) is 0 Å². The Hall–Kier alpha value is -0.240. The van der Waals surface area contributed by atoms with Crippen molar-refractivity contribution in [2.24, 2.45) is 5.92 Å². The van der Waals surface area contributed by atoms with E-state index in [0.29, 0.717) is 5.88 Å². The highest BCUT2D eigenvalue weighted by molar-refractivity contribution is 6.18. The number of hydrogen-bond acceptors (Lipinski definition) is 1. The van der Waals surface area contributed by atoms with Crippen molar-refractivity contribution in [1.82, 2.24) is 5.32 Å². The quantitative estimate of drug-likeness (QED) is 0.721. The summed E-state index contributed by atoms with van der Waals surface area (Å²) < 4.78 is 0. The van der Waals surface area contributed by atoms with E-state index in [1.807, 2.05) is 6.92 Å². The minimum atomic E-state index is -0.221. The first-order valence-corrected chi connectivity index (χ1v) is 6.03. The predicted molar refractivity (Wildman–Crippen MR) is 59.5 cm³/mol. The van der Waals surface area contributed by atoms with Crippen LogP contribution in [0, 0.1) is 5.92 Å². The molecule has 14 heavy (non-hydrogen) atoms. The molecule has 0 radical (unpaired) electrons. The fourth-order valence-electron chi connectivity index (χ4n) is 1.80. The molecule has 0 spiro atoms. The van der Waals surface area contributed by atoms with Crippen molar-refractivity contribution in [2.45, 2.75) is 51.5 Å². The zero-order chi connectivity index (χ0) is 10.6. The molecule has 0 aromatic carbocycles. The summed E-state index contributed by atoms with van der Waals surface area (Å²) in [7, 11) is 0. The molecule has 0 bridgehead atoms. The number of carbonyl (C=O) groups excluding carboxylic acids is 1. The van der Waals surface area contributed by atoms with Crippen LogP contribution >= 0.6 is 11.6 Å². The van der Waals surface area contributed by atoms with Gasteiger partial charge in [0.05, 0.1) is 5.54 Å². The third-order valence-corrected chi connectivity index (χ3v) is 3.82. The molecule has 1 amide bonds. The molecule has 1 aliphatic rings. The lowest BCUT2D eigenvalue weighted by atomic mass is 9.99. The average Bonchev–Trinajstić information content (AvgIpc) is 2.70. The van der Waals surface area contributed by atoms with Crippen LogP contribution in [0.4, 0.5) is 0 Å². The summed E-state index contributed by atoms with van der Waals surface area (Å²) in [4.78, 5) is 11.8. The fraction of sp³-hybridized carbons (Fsp3) is 0.909. The van der Waals surface area contributed by atoms with Crippen LogP contribution in [-0.2, 0) is 4.79 Å². The Bertz CT molecular complexity index is 195. The highest BCUT2D eigenvalue weighted by Gasteiger charge is 2.29. The Labute approximate surface area is 91.4 Å². The van der Waals surface area contributed by atoms with Crippen molar-refractivity contribution in [2.75, 3.05) is 5.88 Å². The molecule has 3 heteroatoms. The second kappa shape index (κ2) is 5.01. The molecule has 1 unspecified atom stereocenters. The van der Waals surface area contributed by atoms with Gasteiger partial charge in [0.1, 0.15) is 0 Å². The predicted octanol–water partition coefficient (Wildman–Crippen LogP) is 2.70. The highest BCUT2D eigenvalue weighted by atomic mass is 35.5. The Morgan fingerprint density at radius 2 is 2.07 bits per heavy atom. The lowest BCUT2D eigenvalue weighted by Crippen LogP contribution is -2.49. The van der Waals surface area contributed by atoms with Crippen molar-refractivity contribution in [3.05, 3.63) is 0 Å². The highest BCUT2D eigenvalue weighted by Crippen LogP contribution is 2.25. The summed E-state index contributed by atoms with van der Waals surface area (Å²) in [6, 6.07) is 0. The van der Waals surface area contributed by atoms with Gasteiger partial charge in [-0.05, 0) is 26.2 Å². The number of rotatable bonds is 4. The zero-order valence-corrected chi connectivity index (χ0v) is 9.86. The second-order valence-electron chi connectivity index (χ2n) is 4.52. The molecule has 1 N–H and O–H groups in total. The van der Waals surface area contributed by atoms with Crippen molar-refractivity contribution < 1.29 is 4.79 Å². The Balaban J connectivity index is 2.45. The summed E-state index contributed by atoms with van der Waals surface area (Å²) in [6.07, 6.45) is 5.38. The van der Waals surface area contributed by atoms with Crippen molar-refractivity contribution in [3.8, 4) is 0 Å². The number of halogens is 1. The van der Waals surface area contributed by atoms with Gasteiger partial charge in [-0.1, -0.05) is 19.8 Å². The largest absolute Gasteiger partial charge is 0.350 e. The molecular formula is C11H20ClNO. The van der Waals surface area contributed by atoms with Gasteiger partial charge in [0.2, 0.25) is 5.91 Å². The molecule has 1 rings (SSSR count). The molecular weight excluding hydrogens is 198 g/mol. The van der Waals surface area contributed by atoms with E-state index in [0.717, 1.165) is 19.3 Å². The molecule has 0 heterocycles. The Kier molecular flexibility index (Phi) is 4.24. The van der Waals surface area contributed by atoms with Crippen LogP contribution in [0.1, 0.15) is 46.0 Å². The smallest absolute Gasteiger partial charge is 0.223 e. The van der Waals surface area contributed by atoms with E-state index in [1.165, 1.54) is 12.8 Å². The van der Waals surface area contributed by atoms with E-state index in [-0.39, 0.29) is 17.4 Å². The van der Waals surface area contributed by atoms with E-state index in [9.17, 15) is 4.79 Å². The molecule has 0 aromatic heterocycles. The third kappa shape index (κ3) is 2.88. The lowest BCUT2D eigenvalue weighted by molar-refractivity contribution is -0.126. The molecule has 0 aliphatic heterocycles. The molecule has 0 saturated heterocycles. The SMILES string of the molecule is CCC(C)(CCl)NC(=O)C1CCCC1. The summed E-state index contributed by atoms with van der Waals surface area (Å²) in [6.45, 7) is 4.06. The summed E-state index contributed by atoms with van der Waals surface area (Å²) in [5.41, 5.74) is -0.221. The number of amides is 1. The maximum atomic E-state index is 11.8. The zero-order valence-electron chi connectivity index (χ0n) is 9.11. The van der Waals surface area contributed by atoms with Crippen LogP contribution in [0.15, 0.2) is 0 Å². The van der Waals surface area contributed by atoms with Crippen LogP contribution < -0.4 is 5.32 Å². The van der Waals surface area contributed by atoms with Gasteiger partial charge >= 0.3 is 0 Å². The molecule has 2 nitrogen and oxygen atoms in total. The minimum absolute atomic E-state index is 0.201. The molecule has 0 aromatic rings. The number of hydrogen-bond donors (Lipinski definition) is 1. The van der Waals surface area contributed by atoms with E-state index < -0.39 is 0 Å². The number of nitrogens with one attached hydrogen (secondary N) is 1. The standard InChI is InChI=1S/C11H20ClNO/c1-3-11(2,8-12)13-10(14)9-6-4-5-7-9/h9H,3-8H2,1-2H3,(H,13,14). The molecule has 1 fully saturated rings. The Morgan fingerprint density at radius 1 is 1.50 bits per heavy atom. The van der Waals surface area contributed by atoms with Crippen molar-refractivity contribution >= 4 is 17.5 Å². The topological polar surface area (TPSA) is 29.1 Å². The van der Waals surface area contributed by atoms with E-state index in [2.05, 4.69) is 12.2 Å². The lowest BCUT2D eigenvalue weighted by Gasteiger charge is -2.28. The molecule has 1 saturated carbocycles. The first-order valence-electron chi connectivity index (χ1n) is 5.49. The van der Waals surface area contributed by atoms with Gasteiger partial charge in [0.25, 0.3) is 0 Å². The van der Waals surface area contributed by atoms with Crippen molar-refractivity contribution in [3.63, 3.8) is 0 Å². The van der Waals surface area contributed by atoms with Gasteiger partial charge in [-0.25, -0.2) is 0 Å². The average molecular weight is 218 g/mol. The normalized spacial score (nSPS) is 21.9. The van der Waals surface area contributed by atoms with Gasteiger partial charge in [-0.15, -0.1) is 11.6 Å². The van der Waals surface area contributed by atoms with Crippen LogP contribution in [0.25, 0.3) is 0 Å². The minimum Gasteiger partial charge on any atom is -0.350 e. The first-order chi connectivity index (χ1) is 6.61.